The number of carbonyl (C=O) groups is 2. The van der Waals surface area contributed by atoms with Crippen LogP contribution < -0.4 is 5.32 Å². The molecule has 0 aliphatic heterocycles. The second kappa shape index (κ2) is 6.00. The first-order chi connectivity index (χ1) is 8.66. The lowest BCUT2D eigenvalue weighted by molar-refractivity contribution is -0.144. The molecule has 0 spiro atoms. The Morgan fingerprint density at radius 1 is 1.39 bits per heavy atom. The summed E-state index contributed by atoms with van der Waals surface area (Å²) >= 11 is 1.54. The minimum atomic E-state index is -0.795. The number of nitrogens with one attached hydrogen (secondary N) is 1. The number of thiophene rings is 1. The molecule has 2 N–H and O–H groups in total. The highest BCUT2D eigenvalue weighted by Gasteiger charge is 2.31. The van der Waals surface area contributed by atoms with Gasteiger partial charge in [-0.1, -0.05) is 18.9 Å². The molecule has 2 atom stereocenters. The lowest BCUT2D eigenvalue weighted by Gasteiger charge is -2.29. The van der Waals surface area contributed by atoms with Crippen molar-refractivity contribution < 1.29 is 14.7 Å². The predicted octanol–water partition coefficient (Wildman–Crippen LogP) is 2.05. The van der Waals surface area contributed by atoms with Crippen molar-refractivity contribution in [1.29, 1.82) is 0 Å². The average Bonchev–Trinajstić information content (AvgIpc) is 2.82. The lowest BCUT2D eigenvalue weighted by Crippen LogP contribution is -2.45. The maximum Gasteiger partial charge on any atom is 0.308 e. The molecule has 0 saturated heterocycles. The molecule has 1 fully saturated rings. The second-order valence-electron chi connectivity index (χ2n) is 4.66. The van der Waals surface area contributed by atoms with Gasteiger partial charge in [0.05, 0.1) is 12.3 Å². The van der Waals surface area contributed by atoms with Gasteiger partial charge in [0.15, 0.2) is 0 Å². The number of carboxylic acids is 1. The van der Waals surface area contributed by atoms with Gasteiger partial charge < -0.3 is 10.4 Å². The van der Waals surface area contributed by atoms with Crippen molar-refractivity contribution in [2.45, 2.75) is 38.1 Å². The van der Waals surface area contributed by atoms with Crippen molar-refractivity contribution in [3.8, 4) is 0 Å². The zero-order valence-electron chi connectivity index (χ0n) is 10.1. The Kier molecular flexibility index (Phi) is 4.36. The average molecular weight is 267 g/mol. The van der Waals surface area contributed by atoms with E-state index < -0.39 is 11.9 Å². The van der Waals surface area contributed by atoms with Crippen molar-refractivity contribution in [2.24, 2.45) is 5.92 Å². The minimum Gasteiger partial charge on any atom is -0.481 e. The van der Waals surface area contributed by atoms with Crippen LogP contribution in [-0.2, 0) is 16.0 Å². The van der Waals surface area contributed by atoms with Gasteiger partial charge in [-0.3, -0.25) is 9.59 Å². The molecule has 1 amide bonds. The molecule has 5 heteroatoms. The van der Waals surface area contributed by atoms with E-state index in [1.807, 2.05) is 17.5 Å². The van der Waals surface area contributed by atoms with E-state index in [1.54, 1.807) is 11.3 Å². The maximum atomic E-state index is 11.8. The number of carbonyl (C=O) groups excluding carboxylic acids is 1. The van der Waals surface area contributed by atoms with Crippen molar-refractivity contribution in [1.82, 2.24) is 5.32 Å². The molecule has 0 bridgehead atoms. The molecule has 0 radical (unpaired) electrons. The molecular weight excluding hydrogens is 250 g/mol. The van der Waals surface area contributed by atoms with Crippen molar-refractivity contribution in [3.63, 3.8) is 0 Å². The number of hydrogen-bond acceptors (Lipinski definition) is 3. The smallest absolute Gasteiger partial charge is 0.308 e. The molecule has 0 aromatic carbocycles. The number of rotatable bonds is 4. The van der Waals surface area contributed by atoms with E-state index in [0.717, 1.165) is 24.1 Å². The summed E-state index contributed by atoms with van der Waals surface area (Å²) in [6, 6.07) is 3.62. The summed E-state index contributed by atoms with van der Waals surface area (Å²) in [5.74, 6) is -1.29. The zero-order valence-corrected chi connectivity index (χ0v) is 10.9. The van der Waals surface area contributed by atoms with Crippen LogP contribution >= 0.6 is 11.3 Å². The number of hydrogen-bond donors (Lipinski definition) is 2. The Morgan fingerprint density at radius 2 is 2.17 bits per heavy atom. The van der Waals surface area contributed by atoms with E-state index in [1.165, 1.54) is 0 Å². The third-order valence-electron chi connectivity index (χ3n) is 3.34. The van der Waals surface area contributed by atoms with Crippen LogP contribution in [0.5, 0.6) is 0 Å². The van der Waals surface area contributed by atoms with Crippen LogP contribution in [0.3, 0.4) is 0 Å². The van der Waals surface area contributed by atoms with Crippen LogP contribution in [0, 0.1) is 5.92 Å². The van der Waals surface area contributed by atoms with Crippen LogP contribution in [0.2, 0.25) is 0 Å². The van der Waals surface area contributed by atoms with Crippen molar-refractivity contribution >= 4 is 23.2 Å². The Hall–Kier alpha value is -1.36. The Bertz CT molecular complexity index is 416. The molecule has 1 heterocycles. The highest BCUT2D eigenvalue weighted by molar-refractivity contribution is 7.10. The van der Waals surface area contributed by atoms with Gasteiger partial charge in [-0.05, 0) is 24.3 Å². The monoisotopic (exact) mass is 267 g/mol. The van der Waals surface area contributed by atoms with Crippen LogP contribution in [0.1, 0.15) is 30.6 Å². The van der Waals surface area contributed by atoms with Gasteiger partial charge in [0.2, 0.25) is 5.91 Å². The standard InChI is InChI=1S/C13H17NO3S/c15-12(8-9-4-3-7-18-9)14-11-6-2-1-5-10(11)13(16)17/h3-4,7,10-11H,1-2,5-6,8H2,(H,14,15)(H,16,17). The van der Waals surface area contributed by atoms with Crippen LogP contribution in [0.15, 0.2) is 17.5 Å². The lowest BCUT2D eigenvalue weighted by atomic mass is 9.84. The molecule has 98 valence electrons. The maximum absolute atomic E-state index is 11.8. The van der Waals surface area contributed by atoms with E-state index >= 15 is 0 Å². The summed E-state index contributed by atoms with van der Waals surface area (Å²) in [4.78, 5) is 24.0. The van der Waals surface area contributed by atoms with Crippen LogP contribution in [0.25, 0.3) is 0 Å². The van der Waals surface area contributed by atoms with E-state index in [2.05, 4.69) is 5.32 Å². The van der Waals surface area contributed by atoms with E-state index in [4.69, 9.17) is 5.11 Å². The highest BCUT2D eigenvalue weighted by Crippen LogP contribution is 2.24. The van der Waals surface area contributed by atoms with Gasteiger partial charge in [-0.15, -0.1) is 11.3 Å². The fourth-order valence-corrected chi connectivity index (χ4v) is 3.13. The molecule has 2 unspecified atom stereocenters. The Labute approximate surface area is 110 Å². The molecule has 1 saturated carbocycles. The zero-order chi connectivity index (χ0) is 13.0. The molecule has 2 rings (SSSR count). The van der Waals surface area contributed by atoms with Gasteiger partial charge >= 0.3 is 5.97 Å². The van der Waals surface area contributed by atoms with Gasteiger partial charge in [0, 0.05) is 10.9 Å². The third-order valence-corrected chi connectivity index (χ3v) is 4.22. The SMILES string of the molecule is O=C(Cc1cccs1)NC1CCCCC1C(=O)O. The summed E-state index contributed by atoms with van der Waals surface area (Å²) < 4.78 is 0. The molecule has 1 aromatic heterocycles. The molecular formula is C13H17NO3S. The summed E-state index contributed by atoms with van der Waals surface area (Å²) in [6.45, 7) is 0. The summed E-state index contributed by atoms with van der Waals surface area (Å²) in [5, 5.41) is 13.9. The fourth-order valence-electron chi connectivity index (χ4n) is 2.43. The predicted molar refractivity (Wildman–Crippen MR) is 69.5 cm³/mol. The molecule has 18 heavy (non-hydrogen) atoms. The Balaban J connectivity index is 1.90. The van der Waals surface area contributed by atoms with E-state index in [9.17, 15) is 9.59 Å². The highest BCUT2D eigenvalue weighted by atomic mass is 32.1. The Morgan fingerprint density at radius 3 is 2.83 bits per heavy atom. The van der Waals surface area contributed by atoms with Gasteiger partial charge in [0.25, 0.3) is 0 Å². The number of amides is 1. The van der Waals surface area contributed by atoms with Gasteiger partial charge in [-0.2, -0.15) is 0 Å². The molecule has 1 aliphatic carbocycles. The summed E-state index contributed by atoms with van der Waals surface area (Å²) in [6.07, 6.45) is 3.72. The normalized spacial score (nSPS) is 23.6. The molecule has 1 aliphatic rings. The molecule has 1 aromatic rings. The quantitative estimate of drug-likeness (QED) is 0.877. The number of carboxylic acid groups (broad SMARTS) is 1. The summed E-state index contributed by atoms with van der Waals surface area (Å²) in [7, 11) is 0. The van der Waals surface area contributed by atoms with Gasteiger partial charge in [0.1, 0.15) is 0 Å². The third kappa shape index (κ3) is 3.32. The topological polar surface area (TPSA) is 66.4 Å². The van der Waals surface area contributed by atoms with E-state index in [-0.39, 0.29) is 11.9 Å². The van der Waals surface area contributed by atoms with Gasteiger partial charge in [-0.25, -0.2) is 0 Å². The van der Waals surface area contributed by atoms with Crippen molar-refractivity contribution in [2.75, 3.05) is 0 Å². The van der Waals surface area contributed by atoms with Crippen molar-refractivity contribution in [3.05, 3.63) is 22.4 Å². The van der Waals surface area contributed by atoms with Crippen LogP contribution in [0.4, 0.5) is 0 Å². The summed E-state index contributed by atoms with van der Waals surface area (Å²) in [5.41, 5.74) is 0. The minimum absolute atomic E-state index is 0.0735. The van der Waals surface area contributed by atoms with E-state index in [0.29, 0.717) is 12.8 Å². The first kappa shape index (κ1) is 13.1. The molecule has 4 nitrogen and oxygen atoms in total. The first-order valence-corrected chi connectivity index (χ1v) is 7.09. The second-order valence-corrected chi connectivity index (χ2v) is 5.69. The van der Waals surface area contributed by atoms with Crippen LogP contribution in [-0.4, -0.2) is 23.0 Å². The fraction of sp³-hybridized carbons (Fsp3) is 0.538. The first-order valence-electron chi connectivity index (χ1n) is 6.21. The number of aliphatic carboxylic acids is 1. The largest absolute Gasteiger partial charge is 0.481 e.